The lowest BCUT2D eigenvalue weighted by Gasteiger charge is -2.18. The van der Waals surface area contributed by atoms with Crippen LogP contribution < -0.4 is 10.6 Å². The number of nitrogens with two attached hydrogens (primary N) is 1. The van der Waals surface area contributed by atoms with Crippen LogP contribution in [0.2, 0.25) is 0 Å². The minimum atomic E-state index is 0.389. The van der Waals surface area contributed by atoms with E-state index < -0.39 is 0 Å². The van der Waals surface area contributed by atoms with Gasteiger partial charge in [-0.05, 0) is 6.42 Å². The third kappa shape index (κ3) is 3.66. The summed E-state index contributed by atoms with van der Waals surface area (Å²) < 4.78 is 5.00. The largest absolute Gasteiger partial charge is 0.384 e. The van der Waals surface area contributed by atoms with Crippen molar-refractivity contribution >= 4 is 11.6 Å². The number of hydrogen-bond acceptors (Lipinski definition) is 5. The molecule has 1 aromatic heterocycles. The van der Waals surface area contributed by atoms with Gasteiger partial charge in [-0.15, -0.1) is 0 Å². The Morgan fingerprint density at radius 3 is 2.81 bits per heavy atom. The Labute approximate surface area is 96.6 Å². The molecule has 1 heterocycles. The van der Waals surface area contributed by atoms with Crippen LogP contribution in [0.5, 0.6) is 0 Å². The van der Waals surface area contributed by atoms with E-state index in [1.165, 1.54) is 0 Å². The molecule has 0 atom stereocenters. The first-order valence-electron chi connectivity index (χ1n) is 5.51. The van der Waals surface area contributed by atoms with Crippen LogP contribution in [0.25, 0.3) is 0 Å². The number of hydrogen-bond donors (Lipinski definition) is 1. The highest BCUT2D eigenvalue weighted by molar-refractivity contribution is 5.46. The van der Waals surface area contributed by atoms with E-state index in [2.05, 4.69) is 21.8 Å². The third-order valence-electron chi connectivity index (χ3n) is 2.29. The quantitative estimate of drug-likeness (QED) is 0.792. The molecule has 0 radical (unpaired) electrons. The second-order valence-electron chi connectivity index (χ2n) is 3.78. The van der Waals surface area contributed by atoms with Crippen molar-refractivity contribution in [2.75, 3.05) is 31.3 Å². The summed E-state index contributed by atoms with van der Waals surface area (Å²) in [5.74, 6) is 1.97. The van der Waals surface area contributed by atoms with Gasteiger partial charge in [-0.1, -0.05) is 13.3 Å². The monoisotopic (exact) mass is 224 g/mol. The molecule has 0 bridgehead atoms. The highest BCUT2D eigenvalue weighted by Crippen LogP contribution is 2.13. The first-order valence-corrected chi connectivity index (χ1v) is 5.51. The van der Waals surface area contributed by atoms with Gasteiger partial charge < -0.3 is 15.4 Å². The van der Waals surface area contributed by atoms with E-state index in [0.29, 0.717) is 18.2 Å². The van der Waals surface area contributed by atoms with E-state index in [-0.39, 0.29) is 0 Å². The smallest absolute Gasteiger partial charge is 0.158 e. The number of nitrogens with zero attached hydrogens (tertiary/aromatic N) is 3. The fourth-order valence-corrected chi connectivity index (χ4v) is 1.40. The van der Waals surface area contributed by atoms with Gasteiger partial charge in [-0.3, -0.25) is 0 Å². The first-order chi connectivity index (χ1) is 7.67. The van der Waals surface area contributed by atoms with Crippen LogP contribution in [0.3, 0.4) is 0 Å². The lowest BCUT2D eigenvalue weighted by atomic mass is 10.3. The predicted molar refractivity (Wildman–Crippen MR) is 65.3 cm³/mol. The molecule has 2 N–H and O–H groups in total. The molecule has 0 saturated heterocycles. The molecular weight excluding hydrogens is 204 g/mol. The topological polar surface area (TPSA) is 64.3 Å². The summed E-state index contributed by atoms with van der Waals surface area (Å²) in [5, 5.41) is 0. The molecule has 0 unspecified atom stereocenters. The van der Waals surface area contributed by atoms with Crippen molar-refractivity contribution in [3.8, 4) is 0 Å². The zero-order valence-corrected chi connectivity index (χ0v) is 10.2. The molecule has 0 saturated carbocycles. The molecule has 0 spiro atoms. The molecule has 0 aliphatic carbocycles. The number of ether oxygens (including phenoxy) is 1. The van der Waals surface area contributed by atoms with E-state index in [1.807, 2.05) is 7.05 Å². The molecule has 0 aromatic carbocycles. The van der Waals surface area contributed by atoms with Crippen molar-refractivity contribution in [1.29, 1.82) is 0 Å². The van der Waals surface area contributed by atoms with Crippen LogP contribution in [0, 0.1) is 0 Å². The van der Waals surface area contributed by atoms with Crippen LogP contribution >= 0.6 is 0 Å². The van der Waals surface area contributed by atoms with Crippen molar-refractivity contribution in [1.82, 2.24) is 9.97 Å². The van der Waals surface area contributed by atoms with Gasteiger partial charge in [-0.25, -0.2) is 9.97 Å². The average molecular weight is 224 g/mol. The summed E-state index contributed by atoms with van der Waals surface area (Å²) in [6.45, 7) is 3.53. The van der Waals surface area contributed by atoms with Crippen molar-refractivity contribution in [3.05, 3.63) is 11.9 Å². The SMILES string of the molecule is CCCCN(C)c1cc(N)nc(COC)n1. The Balaban J connectivity index is 2.78. The Morgan fingerprint density at radius 1 is 1.44 bits per heavy atom. The van der Waals surface area contributed by atoms with Crippen molar-refractivity contribution in [2.45, 2.75) is 26.4 Å². The summed E-state index contributed by atoms with van der Waals surface area (Å²) in [5.41, 5.74) is 5.72. The fourth-order valence-electron chi connectivity index (χ4n) is 1.40. The average Bonchev–Trinajstić information content (AvgIpc) is 2.25. The molecular formula is C11H20N4O. The standard InChI is InChI=1S/C11H20N4O/c1-4-5-6-15(2)11-7-9(12)13-10(14-11)8-16-3/h7H,4-6,8H2,1-3H3,(H2,12,13,14). The molecule has 5 nitrogen and oxygen atoms in total. The summed E-state index contributed by atoms with van der Waals surface area (Å²) in [6.07, 6.45) is 2.30. The Hall–Kier alpha value is -1.36. The number of aromatic nitrogens is 2. The van der Waals surface area contributed by atoms with Gasteiger partial charge in [0.2, 0.25) is 0 Å². The fraction of sp³-hybridized carbons (Fsp3) is 0.636. The van der Waals surface area contributed by atoms with E-state index in [4.69, 9.17) is 10.5 Å². The van der Waals surface area contributed by atoms with Gasteiger partial charge in [0.15, 0.2) is 5.82 Å². The van der Waals surface area contributed by atoms with Crippen molar-refractivity contribution in [3.63, 3.8) is 0 Å². The maximum Gasteiger partial charge on any atom is 0.158 e. The highest BCUT2D eigenvalue weighted by Gasteiger charge is 2.06. The molecule has 0 amide bonds. The van der Waals surface area contributed by atoms with Crippen LogP contribution in [0.15, 0.2) is 6.07 Å². The third-order valence-corrected chi connectivity index (χ3v) is 2.29. The van der Waals surface area contributed by atoms with Gasteiger partial charge in [0.25, 0.3) is 0 Å². The van der Waals surface area contributed by atoms with E-state index in [1.54, 1.807) is 13.2 Å². The number of methoxy groups -OCH3 is 1. The Bertz CT molecular complexity index is 330. The van der Waals surface area contributed by atoms with E-state index in [9.17, 15) is 0 Å². The second kappa shape index (κ2) is 6.27. The van der Waals surface area contributed by atoms with Crippen LogP contribution in [0.4, 0.5) is 11.6 Å². The number of rotatable bonds is 6. The normalized spacial score (nSPS) is 10.4. The summed E-state index contributed by atoms with van der Waals surface area (Å²) in [6, 6.07) is 1.79. The molecule has 16 heavy (non-hydrogen) atoms. The lowest BCUT2D eigenvalue weighted by molar-refractivity contribution is 0.178. The second-order valence-corrected chi connectivity index (χ2v) is 3.78. The molecule has 1 aromatic rings. The minimum absolute atomic E-state index is 0.389. The number of unbranched alkanes of at least 4 members (excludes halogenated alkanes) is 1. The Kier molecular flexibility index (Phi) is 4.98. The molecule has 0 fully saturated rings. The van der Waals surface area contributed by atoms with Gasteiger partial charge in [-0.2, -0.15) is 0 Å². The molecule has 5 heteroatoms. The predicted octanol–water partition coefficient (Wildman–Crippen LogP) is 1.44. The molecule has 0 aliphatic heterocycles. The molecule has 90 valence electrons. The maximum absolute atomic E-state index is 5.72. The maximum atomic E-state index is 5.72. The van der Waals surface area contributed by atoms with Crippen LogP contribution in [0.1, 0.15) is 25.6 Å². The summed E-state index contributed by atoms with van der Waals surface area (Å²) in [7, 11) is 3.63. The van der Waals surface area contributed by atoms with Crippen LogP contribution in [-0.2, 0) is 11.3 Å². The van der Waals surface area contributed by atoms with Crippen LogP contribution in [-0.4, -0.2) is 30.7 Å². The zero-order valence-electron chi connectivity index (χ0n) is 10.2. The van der Waals surface area contributed by atoms with Crippen molar-refractivity contribution in [2.24, 2.45) is 0 Å². The molecule has 1 rings (SSSR count). The zero-order chi connectivity index (χ0) is 12.0. The number of anilines is 2. The van der Waals surface area contributed by atoms with Gasteiger partial charge >= 0.3 is 0 Å². The summed E-state index contributed by atoms with van der Waals surface area (Å²) in [4.78, 5) is 10.6. The lowest BCUT2D eigenvalue weighted by Crippen LogP contribution is -2.20. The summed E-state index contributed by atoms with van der Waals surface area (Å²) >= 11 is 0. The minimum Gasteiger partial charge on any atom is -0.384 e. The van der Waals surface area contributed by atoms with Gasteiger partial charge in [0.1, 0.15) is 18.2 Å². The molecule has 0 aliphatic rings. The van der Waals surface area contributed by atoms with Gasteiger partial charge in [0, 0.05) is 26.8 Å². The number of nitrogen functional groups attached to an aromatic ring is 1. The Morgan fingerprint density at radius 2 is 2.19 bits per heavy atom. The van der Waals surface area contributed by atoms with E-state index >= 15 is 0 Å². The van der Waals surface area contributed by atoms with Crippen molar-refractivity contribution < 1.29 is 4.74 Å². The first kappa shape index (κ1) is 12.7. The van der Waals surface area contributed by atoms with Gasteiger partial charge in [0.05, 0.1) is 0 Å². The van der Waals surface area contributed by atoms with E-state index in [0.717, 1.165) is 25.2 Å². The highest BCUT2D eigenvalue weighted by atomic mass is 16.5.